The number of anilines is 1. The van der Waals surface area contributed by atoms with Gasteiger partial charge in [-0.1, -0.05) is 32.0 Å². The summed E-state index contributed by atoms with van der Waals surface area (Å²) in [5.41, 5.74) is 1.35. The third kappa shape index (κ3) is 4.96. The Balaban J connectivity index is 2.13. The molecule has 3 rings (SSSR count). The van der Waals surface area contributed by atoms with Crippen LogP contribution in [0.2, 0.25) is 0 Å². The van der Waals surface area contributed by atoms with E-state index in [9.17, 15) is 14.7 Å². The second kappa shape index (κ2) is 9.90. The molecule has 1 amide bonds. The van der Waals surface area contributed by atoms with Crippen molar-refractivity contribution < 1.29 is 24.2 Å². The highest BCUT2D eigenvalue weighted by molar-refractivity contribution is 6.16. The number of carbonyl (C=O) groups is 2. The molecule has 0 fully saturated rings. The number of ether oxygens (including phenoxy) is 2. The summed E-state index contributed by atoms with van der Waals surface area (Å²) in [6.45, 7) is 10.1. The monoisotopic (exact) mass is 437 g/mol. The summed E-state index contributed by atoms with van der Waals surface area (Å²) >= 11 is 0. The molecule has 1 N–H and O–H groups in total. The van der Waals surface area contributed by atoms with E-state index in [0.717, 1.165) is 0 Å². The molecule has 6 heteroatoms. The van der Waals surface area contributed by atoms with Gasteiger partial charge in [0.05, 0.1) is 24.3 Å². The highest BCUT2D eigenvalue weighted by Gasteiger charge is 2.44. The highest BCUT2D eigenvalue weighted by atomic mass is 16.5. The van der Waals surface area contributed by atoms with Gasteiger partial charge in [-0.2, -0.15) is 0 Å². The second-order valence-electron chi connectivity index (χ2n) is 8.53. The number of hydrogen-bond donors (Lipinski definition) is 1. The number of Topliss-reactive ketones (excluding diaryl/α,β-unsaturated/α-hetero) is 1. The maximum absolute atomic E-state index is 13.2. The van der Waals surface area contributed by atoms with E-state index in [2.05, 4.69) is 0 Å². The Morgan fingerprint density at radius 1 is 1.06 bits per heavy atom. The number of hydrogen-bond acceptors (Lipinski definition) is 5. The van der Waals surface area contributed by atoms with Gasteiger partial charge in [-0.05, 0) is 56.5 Å². The molecule has 1 aliphatic rings. The third-order valence-electron chi connectivity index (χ3n) is 5.05. The van der Waals surface area contributed by atoms with E-state index in [4.69, 9.17) is 9.47 Å². The van der Waals surface area contributed by atoms with E-state index >= 15 is 0 Å². The Kier molecular flexibility index (Phi) is 7.23. The van der Waals surface area contributed by atoms with Crippen LogP contribution in [0.25, 0.3) is 0 Å². The molecule has 1 unspecified atom stereocenters. The summed E-state index contributed by atoms with van der Waals surface area (Å²) in [5, 5.41) is 10.8. The summed E-state index contributed by atoms with van der Waals surface area (Å²) in [6, 6.07) is 13.7. The minimum Gasteiger partial charge on any atom is -0.503 e. The Bertz CT molecular complexity index is 1020. The van der Waals surface area contributed by atoms with Crippen LogP contribution in [0.5, 0.6) is 11.5 Å². The van der Waals surface area contributed by atoms with Crippen LogP contribution in [0.4, 0.5) is 5.69 Å². The quantitative estimate of drug-likeness (QED) is 0.569. The standard InChI is InChI=1S/C26H31NO5/c1-6-31-20-11-8-10-19(15-20)27-24(18-9-7-12-21(14-18)32-17(4)5)23(25(29)26(27)30)22(28)13-16(2)3/h7-12,14-17,24,29H,6,13H2,1-5H3. The van der Waals surface area contributed by atoms with Crippen LogP contribution in [-0.2, 0) is 9.59 Å². The number of benzene rings is 2. The Morgan fingerprint density at radius 2 is 1.75 bits per heavy atom. The predicted molar refractivity (Wildman–Crippen MR) is 124 cm³/mol. The molecule has 2 aromatic rings. The van der Waals surface area contributed by atoms with E-state index in [1.54, 1.807) is 24.3 Å². The Hall–Kier alpha value is -3.28. The lowest BCUT2D eigenvalue weighted by atomic mass is 9.92. The van der Waals surface area contributed by atoms with Crippen molar-refractivity contribution in [3.05, 3.63) is 65.4 Å². The minimum absolute atomic E-state index is 0.0274. The number of aliphatic hydroxyl groups excluding tert-OH is 1. The van der Waals surface area contributed by atoms with E-state index in [1.807, 2.05) is 58.9 Å². The molecular formula is C26H31NO5. The number of carbonyl (C=O) groups excluding carboxylic acids is 2. The molecule has 0 aliphatic carbocycles. The number of aliphatic hydroxyl groups is 1. The van der Waals surface area contributed by atoms with Gasteiger partial charge < -0.3 is 14.6 Å². The number of ketones is 1. The third-order valence-corrected chi connectivity index (χ3v) is 5.05. The molecule has 1 heterocycles. The molecule has 170 valence electrons. The fraction of sp³-hybridized carbons (Fsp3) is 0.385. The smallest absolute Gasteiger partial charge is 0.294 e. The lowest BCUT2D eigenvalue weighted by molar-refractivity contribution is -0.118. The van der Waals surface area contributed by atoms with Crippen molar-refractivity contribution in [2.45, 2.75) is 53.2 Å². The molecule has 0 bridgehead atoms. The van der Waals surface area contributed by atoms with Crippen LogP contribution in [-0.4, -0.2) is 29.5 Å². The minimum atomic E-state index is -0.763. The fourth-order valence-corrected chi connectivity index (χ4v) is 3.87. The molecule has 32 heavy (non-hydrogen) atoms. The van der Waals surface area contributed by atoms with Gasteiger partial charge in [0.15, 0.2) is 11.5 Å². The van der Waals surface area contributed by atoms with E-state index < -0.39 is 17.7 Å². The van der Waals surface area contributed by atoms with Crippen LogP contribution >= 0.6 is 0 Å². The summed E-state index contributed by atoms with van der Waals surface area (Å²) in [5.74, 6) is -0.0209. The molecule has 0 saturated heterocycles. The molecule has 0 aromatic heterocycles. The number of amides is 1. The van der Waals surface area contributed by atoms with Crippen molar-refractivity contribution >= 4 is 17.4 Å². The van der Waals surface area contributed by atoms with E-state index in [1.165, 1.54) is 4.90 Å². The van der Waals surface area contributed by atoms with Crippen LogP contribution in [0.3, 0.4) is 0 Å². The topological polar surface area (TPSA) is 76.1 Å². The SMILES string of the molecule is CCOc1cccc(N2C(=O)C(O)=C(C(=O)CC(C)C)C2c2cccc(OC(C)C)c2)c1. The van der Waals surface area contributed by atoms with Crippen LogP contribution < -0.4 is 14.4 Å². The summed E-state index contributed by atoms with van der Waals surface area (Å²) in [6.07, 6.45) is 0.207. The Labute approximate surface area is 189 Å². The second-order valence-corrected chi connectivity index (χ2v) is 8.53. The summed E-state index contributed by atoms with van der Waals surface area (Å²) in [7, 11) is 0. The van der Waals surface area contributed by atoms with Gasteiger partial charge in [-0.15, -0.1) is 0 Å². The molecule has 6 nitrogen and oxygen atoms in total. The normalized spacial score (nSPS) is 16.3. The maximum Gasteiger partial charge on any atom is 0.294 e. The molecule has 1 aliphatic heterocycles. The van der Waals surface area contributed by atoms with Crippen molar-refractivity contribution in [3.63, 3.8) is 0 Å². The lowest BCUT2D eigenvalue weighted by Crippen LogP contribution is -2.31. The van der Waals surface area contributed by atoms with Gasteiger partial charge in [-0.25, -0.2) is 0 Å². The van der Waals surface area contributed by atoms with Gasteiger partial charge in [0.2, 0.25) is 0 Å². The van der Waals surface area contributed by atoms with Crippen molar-refractivity contribution in [2.75, 3.05) is 11.5 Å². The van der Waals surface area contributed by atoms with E-state index in [-0.39, 0.29) is 29.8 Å². The van der Waals surface area contributed by atoms with Crippen molar-refractivity contribution in [1.29, 1.82) is 0 Å². The molecular weight excluding hydrogens is 406 g/mol. The highest BCUT2D eigenvalue weighted by Crippen LogP contribution is 2.43. The van der Waals surface area contributed by atoms with Gasteiger partial charge in [0.25, 0.3) is 5.91 Å². The van der Waals surface area contributed by atoms with Crippen molar-refractivity contribution in [3.8, 4) is 11.5 Å². The van der Waals surface area contributed by atoms with Crippen molar-refractivity contribution in [1.82, 2.24) is 0 Å². The maximum atomic E-state index is 13.2. The zero-order valence-corrected chi connectivity index (χ0v) is 19.3. The van der Waals surface area contributed by atoms with Crippen molar-refractivity contribution in [2.24, 2.45) is 5.92 Å². The largest absolute Gasteiger partial charge is 0.503 e. The lowest BCUT2D eigenvalue weighted by Gasteiger charge is -2.28. The van der Waals surface area contributed by atoms with Gasteiger partial charge in [0, 0.05) is 18.2 Å². The average Bonchev–Trinajstić information content (AvgIpc) is 2.99. The Morgan fingerprint density at radius 3 is 2.41 bits per heavy atom. The first-order valence-electron chi connectivity index (χ1n) is 11.0. The first-order chi connectivity index (χ1) is 15.2. The van der Waals surface area contributed by atoms with Crippen LogP contribution in [0, 0.1) is 5.92 Å². The first-order valence-corrected chi connectivity index (χ1v) is 11.0. The summed E-state index contributed by atoms with van der Waals surface area (Å²) in [4.78, 5) is 27.8. The van der Waals surface area contributed by atoms with Crippen LogP contribution in [0.15, 0.2) is 59.9 Å². The molecule has 2 aromatic carbocycles. The molecule has 0 saturated carbocycles. The van der Waals surface area contributed by atoms with Gasteiger partial charge in [-0.3, -0.25) is 14.5 Å². The number of rotatable bonds is 9. The zero-order chi connectivity index (χ0) is 23.4. The van der Waals surface area contributed by atoms with Gasteiger partial charge >= 0.3 is 0 Å². The van der Waals surface area contributed by atoms with Gasteiger partial charge in [0.1, 0.15) is 11.5 Å². The zero-order valence-electron chi connectivity index (χ0n) is 19.3. The fourth-order valence-electron chi connectivity index (χ4n) is 3.87. The van der Waals surface area contributed by atoms with Crippen LogP contribution in [0.1, 0.15) is 52.6 Å². The predicted octanol–water partition coefficient (Wildman–Crippen LogP) is 5.39. The van der Waals surface area contributed by atoms with E-state index in [0.29, 0.717) is 29.4 Å². The molecule has 0 radical (unpaired) electrons. The number of nitrogens with zero attached hydrogens (tertiary/aromatic N) is 1. The first kappa shape index (κ1) is 23.4. The molecule has 0 spiro atoms. The molecule has 1 atom stereocenters. The average molecular weight is 438 g/mol. The summed E-state index contributed by atoms with van der Waals surface area (Å²) < 4.78 is 11.4.